The molecule has 0 aliphatic heterocycles. The number of aryl methyl sites for hydroxylation is 1. The summed E-state index contributed by atoms with van der Waals surface area (Å²) >= 11 is 3.42. The van der Waals surface area contributed by atoms with E-state index in [1.807, 2.05) is 6.07 Å². The molecule has 0 N–H and O–H groups in total. The SMILES string of the molecule is COc1ccc(-c2nnc(-c3cc(S(=O)(=O)N(C)C)cn3C)o2)cc1Br. The number of sulfonamides is 1. The fraction of sp³-hybridized carbons (Fsp3) is 0.250. The highest BCUT2D eigenvalue weighted by molar-refractivity contribution is 9.10. The summed E-state index contributed by atoms with van der Waals surface area (Å²) < 4.78 is 39.1. The maximum absolute atomic E-state index is 12.3. The first-order valence-corrected chi connectivity index (χ1v) is 9.74. The molecule has 2 heterocycles. The maximum atomic E-state index is 12.3. The van der Waals surface area contributed by atoms with Gasteiger partial charge in [-0.15, -0.1) is 10.2 Å². The van der Waals surface area contributed by atoms with Crippen molar-refractivity contribution in [1.82, 2.24) is 19.1 Å². The standard InChI is InChI=1S/C16H17BrN4O4S/c1-20(2)26(22,23)11-8-13(21(3)9-11)16-19-18-15(25-16)10-5-6-14(24-4)12(17)7-10/h5-9H,1-4H3. The fourth-order valence-corrected chi connectivity index (χ4v) is 3.86. The van der Waals surface area contributed by atoms with Crippen LogP contribution >= 0.6 is 15.9 Å². The Balaban J connectivity index is 1.98. The monoisotopic (exact) mass is 440 g/mol. The van der Waals surface area contributed by atoms with Crippen LogP contribution in [0.2, 0.25) is 0 Å². The molecule has 0 atom stereocenters. The van der Waals surface area contributed by atoms with Crippen LogP contribution < -0.4 is 4.74 Å². The highest BCUT2D eigenvalue weighted by atomic mass is 79.9. The van der Waals surface area contributed by atoms with Gasteiger partial charge < -0.3 is 13.7 Å². The summed E-state index contributed by atoms with van der Waals surface area (Å²) in [6.07, 6.45) is 1.51. The van der Waals surface area contributed by atoms with Crippen LogP contribution in [0.4, 0.5) is 0 Å². The molecule has 1 aromatic carbocycles. The van der Waals surface area contributed by atoms with E-state index in [1.54, 1.807) is 30.9 Å². The largest absolute Gasteiger partial charge is 0.496 e. The predicted octanol–water partition coefficient (Wildman–Crippen LogP) is 2.76. The number of hydrogen-bond donors (Lipinski definition) is 0. The molecule has 26 heavy (non-hydrogen) atoms. The van der Waals surface area contributed by atoms with Crippen molar-refractivity contribution < 1.29 is 17.6 Å². The van der Waals surface area contributed by atoms with Crippen LogP contribution in [-0.4, -0.2) is 48.7 Å². The van der Waals surface area contributed by atoms with Crippen LogP contribution in [0.3, 0.4) is 0 Å². The molecule has 0 saturated heterocycles. The first-order valence-electron chi connectivity index (χ1n) is 7.50. The minimum absolute atomic E-state index is 0.159. The van der Waals surface area contributed by atoms with E-state index in [9.17, 15) is 8.42 Å². The zero-order valence-corrected chi connectivity index (χ0v) is 17.0. The average molecular weight is 441 g/mol. The summed E-state index contributed by atoms with van der Waals surface area (Å²) in [6, 6.07) is 6.90. The number of nitrogens with zero attached hydrogens (tertiary/aromatic N) is 4. The second-order valence-electron chi connectivity index (χ2n) is 5.72. The Morgan fingerprint density at radius 3 is 2.50 bits per heavy atom. The molecule has 2 aromatic heterocycles. The van der Waals surface area contributed by atoms with Crippen LogP contribution in [0, 0.1) is 0 Å². The zero-order valence-electron chi connectivity index (χ0n) is 14.6. The molecule has 0 spiro atoms. The number of halogens is 1. The van der Waals surface area contributed by atoms with Gasteiger partial charge in [0.05, 0.1) is 11.6 Å². The van der Waals surface area contributed by atoms with Gasteiger partial charge in [0.1, 0.15) is 16.3 Å². The van der Waals surface area contributed by atoms with E-state index in [0.717, 1.165) is 8.78 Å². The van der Waals surface area contributed by atoms with Crippen molar-refractivity contribution in [1.29, 1.82) is 0 Å². The molecular formula is C16H17BrN4O4S. The van der Waals surface area contributed by atoms with Gasteiger partial charge in [0, 0.05) is 32.9 Å². The van der Waals surface area contributed by atoms with E-state index in [1.165, 1.54) is 26.4 Å². The highest BCUT2D eigenvalue weighted by Crippen LogP contribution is 2.32. The molecule has 0 saturated carbocycles. The van der Waals surface area contributed by atoms with Gasteiger partial charge in [-0.2, -0.15) is 0 Å². The first kappa shape index (κ1) is 18.6. The topological polar surface area (TPSA) is 90.5 Å². The van der Waals surface area contributed by atoms with Gasteiger partial charge in [-0.3, -0.25) is 0 Å². The maximum Gasteiger partial charge on any atom is 0.264 e. The van der Waals surface area contributed by atoms with E-state index in [-0.39, 0.29) is 10.8 Å². The van der Waals surface area contributed by atoms with Crippen molar-refractivity contribution in [2.24, 2.45) is 7.05 Å². The Hall–Kier alpha value is -2.17. The zero-order chi connectivity index (χ0) is 19.1. The second-order valence-corrected chi connectivity index (χ2v) is 8.73. The third-order valence-corrected chi connectivity index (χ3v) is 6.20. The second kappa shape index (κ2) is 6.86. The summed E-state index contributed by atoms with van der Waals surface area (Å²) in [6.45, 7) is 0. The summed E-state index contributed by atoms with van der Waals surface area (Å²) in [7, 11) is 2.72. The quantitative estimate of drug-likeness (QED) is 0.605. The third kappa shape index (κ3) is 3.27. The number of rotatable bonds is 5. The molecule has 10 heteroatoms. The van der Waals surface area contributed by atoms with Crippen molar-refractivity contribution in [3.8, 4) is 28.8 Å². The average Bonchev–Trinajstić information content (AvgIpc) is 3.21. The Morgan fingerprint density at radius 1 is 1.19 bits per heavy atom. The fourth-order valence-electron chi connectivity index (χ4n) is 2.34. The van der Waals surface area contributed by atoms with E-state index in [2.05, 4.69) is 26.1 Å². The summed E-state index contributed by atoms with van der Waals surface area (Å²) in [5, 5.41) is 8.10. The van der Waals surface area contributed by atoms with Gasteiger partial charge in [-0.05, 0) is 40.2 Å². The molecular weight excluding hydrogens is 424 g/mol. The molecule has 0 radical (unpaired) electrons. The van der Waals surface area contributed by atoms with Gasteiger partial charge in [-0.25, -0.2) is 12.7 Å². The lowest BCUT2D eigenvalue weighted by molar-refractivity contribution is 0.412. The molecule has 8 nitrogen and oxygen atoms in total. The van der Waals surface area contributed by atoms with E-state index >= 15 is 0 Å². The highest BCUT2D eigenvalue weighted by Gasteiger charge is 2.23. The molecule has 0 fully saturated rings. The molecule has 0 unspecified atom stereocenters. The van der Waals surface area contributed by atoms with Gasteiger partial charge in [0.2, 0.25) is 15.9 Å². The molecule has 0 aliphatic rings. The smallest absolute Gasteiger partial charge is 0.264 e. The van der Waals surface area contributed by atoms with Crippen LogP contribution in [0.15, 0.2) is 44.2 Å². The molecule has 138 valence electrons. The van der Waals surface area contributed by atoms with Gasteiger partial charge >= 0.3 is 0 Å². The number of ether oxygens (including phenoxy) is 1. The van der Waals surface area contributed by atoms with Crippen molar-refractivity contribution >= 4 is 26.0 Å². The number of aromatic nitrogens is 3. The Kier molecular flexibility index (Phi) is 4.91. The normalized spacial score (nSPS) is 11.9. The minimum atomic E-state index is -3.54. The van der Waals surface area contributed by atoms with Crippen molar-refractivity contribution in [2.45, 2.75) is 4.90 Å². The predicted molar refractivity (Wildman–Crippen MR) is 99.3 cm³/mol. The van der Waals surface area contributed by atoms with Crippen molar-refractivity contribution in [2.75, 3.05) is 21.2 Å². The minimum Gasteiger partial charge on any atom is -0.496 e. The Morgan fingerprint density at radius 2 is 1.88 bits per heavy atom. The van der Waals surface area contributed by atoms with E-state index in [0.29, 0.717) is 22.9 Å². The molecule has 0 bridgehead atoms. The van der Waals surface area contributed by atoms with Gasteiger partial charge in [-0.1, -0.05) is 0 Å². The van der Waals surface area contributed by atoms with E-state index < -0.39 is 10.0 Å². The summed E-state index contributed by atoms with van der Waals surface area (Å²) in [5.41, 5.74) is 1.23. The van der Waals surface area contributed by atoms with Crippen LogP contribution in [0.5, 0.6) is 5.75 Å². The van der Waals surface area contributed by atoms with Crippen LogP contribution in [0.25, 0.3) is 23.0 Å². The molecule has 0 amide bonds. The Bertz CT molecular complexity index is 1060. The lowest BCUT2D eigenvalue weighted by Crippen LogP contribution is -2.21. The Labute approximate surface area is 159 Å². The number of methoxy groups -OCH3 is 1. The van der Waals surface area contributed by atoms with Crippen molar-refractivity contribution in [3.63, 3.8) is 0 Å². The molecule has 0 aliphatic carbocycles. The van der Waals surface area contributed by atoms with Crippen molar-refractivity contribution in [3.05, 3.63) is 34.9 Å². The van der Waals surface area contributed by atoms with E-state index in [4.69, 9.17) is 9.15 Å². The summed E-state index contributed by atoms with van der Waals surface area (Å²) in [4.78, 5) is 0.159. The van der Waals surface area contributed by atoms with Crippen LogP contribution in [-0.2, 0) is 17.1 Å². The molecule has 3 aromatic rings. The molecule has 3 rings (SSSR count). The third-order valence-electron chi connectivity index (χ3n) is 3.80. The number of hydrogen-bond acceptors (Lipinski definition) is 6. The van der Waals surface area contributed by atoms with Crippen LogP contribution in [0.1, 0.15) is 0 Å². The van der Waals surface area contributed by atoms with Gasteiger partial charge in [0.25, 0.3) is 5.89 Å². The lowest BCUT2D eigenvalue weighted by atomic mass is 10.2. The van der Waals surface area contributed by atoms with Gasteiger partial charge in [0.15, 0.2) is 0 Å². The first-order chi connectivity index (χ1) is 12.2. The summed E-state index contributed by atoms with van der Waals surface area (Å²) in [5.74, 6) is 1.24. The lowest BCUT2D eigenvalue weighted by Gasteiger charge is -2.08. The number of benzene rings is 1.